The third kappa shape index (κ3) is 2.67. The highest BCUT2D eigenvalue weighted by molar-refractivity contribution is 5.85. The van der Waals surface area contributed by atoms with Gasteiger partial charge < -0.3 is 14.5 Å². The average molecular weight is 368 g/mol. The molecule has 1 spiro atoms. The van der Waals surface area contributed by atoms with Crippen molar-refractivity contribution >= 4 is 11.8 Å². The smallest absolute Gasteiger partial charge is 0.351 e. The molecule has 1 aromatic carbocycles. The van der Waals surface area contributed by atoms with Crippen molar-refractivity contribution in [1.29, 1.82) is 0 Å². The molecular weight excluding hydrogens is 349 g/mol. The topological polar surface area (TPSA) is 49.9 Å². The molecule has 3 atom stereocenters. The first-order valence-electron chi connectivity index (χ1n) is 8.69. The zero-order valence-corrected chi connectivity index (χ0v) is 14.0. The standard InChI is InChI=1S/C18H19F3N2O3/c19-18(20,21)7-6-15(24)22-9-8-17-14(22)10-16(25)23(17)13(11-26-17)12-4-2-1-3-5-12/h1-5,13-14H,6-11H2/t13-,14+,17-/m0/s1. The first kappa shape index (κ1) is 17.3. The van der Waals surface area contributed by atoms with Gasteiger partial charge in [0.05, 0.1) is 31.5 Å². The Hall–Kier alpha value is -2.09. The number of amides is 2. The van der Waals surface area contributed by atoms with Crippen molar-refractivity contribution in [3.8, 4) is 0 Å². The van der Waals surface area contributed by atoms with Gasteiger partial charge in [-0.15, -0.1) is 0 Å². The van der Waals surface area contributed by atoms with Gasteiger partial charge in [0.1, 0.15) is 0 Å². The van der Waals surface area contributed by atoms with Gasteiger partial charge in [-0.05, 0) is 5.56 Å². The Bertz CT molecular complexity index is 724. The van der Waals surface area contributed by atoms with Crippen molar-refractivity contribution < 1.29 is 27.5 Å². The lowest BCUT2D eigenvalue weighted by molar-refractivity contribution is -0.151. The summed E-state index contributed by atoms with van der Waals surface area (Å²) in [6.45, 7) is 0.642. The number of benzene rings is 1. The van der Waals surface area contributed by atoms with Crippen LogP contribution in [0, 0.1) is 0 Å². The van der Waals surface area contributed by atoms with Crippen LogP contribution in [0.1, 0.15) is 37.3 Å². The predicted octanol–water partition coefficient (Wildman–Crippen LogP) is 2.63. The number of carbonyl (C=O) groups excluding carboxylic acids is 2. The molecule has 3 aliphatic heterocycles. The van der Waals surface area contributed by atoms with Crippen LogP contribution in [0.3, 0.4) is 0 Å². The quantitative estimate of drug-likeness (QED) is 0.824. The highest BCUT2D eigenvalue weighted by Crippen LogP contribution is 2.51. The third-order valence-corrected chi connectivity index (χ3v) is 5.58. The lowest BCUT2D eigenvalue weighted by Gasteiger charge is -2.33. The van der Waals surface area contributed by atoms with E-state index in [0.717, 1.165) is 5.56 Å². The Morgan fingerprint density at radius 1 is 1.27 bits per heavy atom. The molecule has 8 heteroatoms. The fourth-order valence-corrected chi connectivity index (χ4v) is 4.46. The number of rotatable bonds is 3. The Kier molecular flexibility index (Phi) is 3.98. The molecule has 3 heterocycles. The van der Waals surface area contributed by atoms with Crippen LogP contribution in [-0.4, -0.2) is 52.7 Å². The summed E-state index contributed by atoms with van der Waals surface area (Å²) < 4.78 is 43.3. The van der Waals surface area contributed by atoms with E-state index >= 15 is 0 Å². The SMILES string of the molecule is O=C(CCC(F)(F)F)N1CC[C@@]23OC[C@@H](c4ccccc4)N2C(=O)C[C@@H]13. The molecule has 0 bridgehead atoms. The zero-order chi connectivity index (χ0) is 18.5. The fraction of sp³-hybridized carbons (Fsp3) is 0.556. The van der Waals surface area contributed by atoms with Crippen LogP contribution < -0.4 is 0 Å². The number of hydrogen-bond acceptors (Lipinski definition) is 3. The van der Waals surface area contributed by atoms with Gasteiger partial charge in [-0.2, -0.15) is 13.2 Å². The molecule has 0 aliphatic carbocycles. The number of nitrogens with zero attached hydrogens (tertiary/aromatic N) is 2. The number of alkyl halides is 3. The van der Waals surface area contributed by atoms with Crippen LogP contribution >= 0.6 is 0 Å². The van der Waals surface area contributed by atoms with Gasteiger partial charge in [0.25, 0.3) is 0 Å². The second-order valence-electron chi connectivity index (χ2n) is 7.02. The van der Waals surface area contributed by atoms with Gasteiger partial charge in [-0.1, -0.05) is 30.3 Å². The highest BCUT2D eigenvalue weighted by atomic mass is 19.4. The highest BCUT2D eigenvalue weighted by Gasteiger charge is 2.65. The van der Waals surface area contributed by atoms with Crippen LogP contribution in [0.15, 0.2) is 30.3 Å². The number of likely N-dealkylation sites (tertiary alicyclic amines) is 1. The van der Waals surface area contributed by atoms with Crippen LogP contribution in [0.25, 0.3) is 0 Å². The Morgan fingerprint density at radius 3 is 2.69 bits per heavy atom. The maximum absolute atomic E-state index is 12.7. The molecule has 1 aromatic rings. The Morgan fingerprint density at radius 2 is 2.00 bits per heavy atom. The Balaban J connectivity index is 1.55. The van der Waals surface area contributed by atoms with Crippen LogP contribution in [0.5, 0.6) is 0 Å². The Labute approximate surface area is 148 Å². The molecule has 4 rings (SSSR count). The minimum Gasteiger partial charge on any atom is -0.351 e. The van der Waals surface area contributed by atoms with Gasteiger partial charge in [-0.25, -0.2) is 0 Å². The lowest BCUT2D eigenvalue weighted by atomic mass is 10.0. The summed E-state index contributed by atoms with van der Waals surface area (Å²) in [5.41, 5.74) is 0.0612. The molecule has 140 valence electrons. The molecule has 0 radical (unpaired) electrons. The molecule has 0 saturated carbocycles. The predicted molar refractivity (Wildman–Crippen MR) is 84.7 cm³/mol. The molecule has 3 aliphatic rings. The molecule has 0 aromatic heterocycles. The number of hydrogen-bond donors (Lipinski definition) is 0. The van der Waals surface area contributed by atoms with Crippen LogP contribution in [0.4, 0.5) is 13.2 Å². The van der Waals surface area contributed by atoms with Gasteiger partial charge in [0.2, 0.25) is 11.8 Å². The summed E-state index contributed by atoms with van der Waals surface area (Å²) in [4.78, 5) is 28.1. The van der Waals surface area contributed by atoms with E-state index in [1.165, 1.54) is 4.90 Å². The van der Waals surface area contributed by atoms with E-state index in [0.29, 0.717) is 19.6 Å². The number of ether oxygens (including phenoxy) is 1. The minimum absolute atomic E-state index is 0.0983. The van der Waals surface area contributed by atoms with Crippen LogP contribution in [0.2, 0.25) is 0 Å². The van der Waals surface area contributed by atoms with E-state index in [1.807, 2.05) is 30.3 Å². The number of halogens is 3. The van der Waals surface area contributed by atoms with Gasteiger partial charge >= 0.3 is 6.18 Å². The summed E-state index contributed by atoms with van der Waals surface area (Å²) in [6.07, 6.45) is -5.57. The summed E-state index contributed by atoms with van der Waals surface area (Å²) in [6, 6.07) is 8.78. The van der Waals surface area contributed by atoms with Crippen molar-refractivity contribution in [2.75, 3.05) is 13.2 Å². The van der Waals surface area contributed by atoms with E-state index in [9.17, 15) is 22.8 Å². The van der Waals surface area contributed by atoms with Crippen molar-refractivity contribution in [2.45, 2.75) is 49.7 Å². The second kappa shape index (κ2) is 5.97. The zero-order valence-electron chi connectivity index (χ0n) is 14.0. The van der Waals surface area contributed by atoms with Gasteiger partial charge in [0.15, 0.2) is 5.72 Å². The molecular formula is C18H19F3N2O3. The third-order valence-electron chi connectivity index (χ3n) is 5.58. The molecule has 5 nitrogen and oxygen atoms in total. The maximum Gasteiger partial charge on any atom is 0.389 e. The van der Waals surface area contributed by atoms with Gasteiger partial charge in [-0.3, -0.25) is 9.59 Å². The summed E-state index contributed by atoms with van der Waals surface area (Å²) in [7, 11) is 0. The summed E-state index contributed by atoms with van der Waals surface area (Å²) in [5, 5.41) is 0. The van der Waals surface area contributed by atoms with Crippen molar-refractivity contribution in [3.63, 3.8) is 0 Å². The van der Waals surface area contributed by atoms with Crippen molar-refractivity contribution in [1.82, 2.24) is 9.80 Å². The first-order chi connectivity index (χ1) is 12.3. The molecule has 0 unspecified atom stereocenters. The van der Waals surface area contributed by atoms with Crippen molar-refractivity contribution in [3.05, 3.63) is 35.9 Å². The first-order valence-corrected chi connectivity index (χ1v) is 8.69. The molecule has 2 amide bonds. The fourth-order valence-electron chi connectivity index (χ4n) is 4.46. The monoisotopic (exact) mass is 368 g/mol. The second-order valence-corrected chi connectivity index (χ2v) is 7.02. The van der Waals surface area contributed by atoms with E-state index in [1.54, 1.807) is 4.90 Å². The largest absolute Gasteiger partial charge is 0.389 e. The van der Waals surface area contributed by atoms with Gasteiger partial charge in [0, 0.05) is 19.4 Å². The normalized spacial score (nSPS) is 30.7. The van der Waals surface area contributed by atoms with E-state index in [-0.39, 0.29) is 18.4 Å². The average Bonchev–Trinajstić information content (AvgIpc) is 3.22. The minimum atomic E-state index is -4.37. The lowest BCUT2D eigenvalue weighted by Crippen LogP contribution is -2.49. The molecule has 3 saturated heterocycles. The molecule has 26 heavy (non-hydrogen) atoms. The summed E-state index contributed by atoms with van der Waals surface area (Å²) in [5.74, 6) is -0.680. The van der Waals surface area contributed by atoms with E-state index < -0.39 is 36.7 Å². The van der Waals surface area contributed by atoms with Crippen molar-refractivity contribution in [2.24, 2.45) is 0 Å². The molecule has 0 N–H and O–H groups in total. The maximum atomic E-state index is 12.7. The summed E-state index contributed by atoms with van der Waals surface area (Å²) >= 11 is 0. The van der Waals surface area contributed by atoms with Crippen LogP contribution in [-0.2, 0) is 14.3 Å². The van der Waals surface area contributed by atoms with E-state index in [2.05, 4.69) is 0 Å². The van der Waals surface area contributed by atoms with E-state index in [4.69, 9.17) is 4.74 Å². The number of carbonyl (C=O) groups is 2. The molecule has 3 fully saturated rings.